The van der Waals surface area contributed by atoms with Crippen molar-refractivity contribution in [3.63, 3.8) is 0 Å². The van der Waals surface area contributed by atoms with Crippen LogP contribution in [0, 0.1) is 0 Å². The predicted octanol–water partition coefficient (Wildman–Crippen LogP) is 3.11. The van der Waals surface area contributed by atoms with Crippen LogP contribution in [0.15, 0.2) is 29.7 Å². The number of carbonyl (C=O) groups excluding carboxylic acids is 1. The lowest BCUT2D eigenvalue weighted by Crippen LogP contribution is -2.47. The molecule has 1 fully saturated rings. The van der Waals surface area contributed by atoms with E-state index in [1.54, 1.807) is 23.4 Å². The number of carbonyl (C=O) groups is 1. The zero-order valence-electron chi connectivity index (χ0n) is 18.4. The number of aromatic nitrogens is 3. The minimum absolute atomic E-state index is 0. The van der Waals surface area contributed by atoms with Crippen molar-refractivity contribution in [2.24, 2.45) is 0 Å². The van der Waals surface area contributed by atoms with Gasteiger partial charge < -0.3 is 19.3 Å². The molecular formula is C21H28ClN5O4S. The summed E-state index contributed by atoms with van der Waals surface area (Å²) in [5, 5.41) is 0.554. The molecule has 2 aromatic heterocycles. The molecule has 174 valence electrons. The number of hydrogen-bond donors (Lipinski definition) is 0. The first kappa shape index (κ1) is 24.2. The van der Waals surface area contributed by atoms with Gasteiger partial charge in [0, 0.05) is 38.2 Å². The summed E-state index contributed by atoms with van der Waals surface area (Å²) in [7, 11) is -1.11. The number of pyridine rings is 1. The fourth-order valence-electron chi connectivity index (χ4n) is 4.09. The van der Waals surface area contributed by atoms with Gasteiger partial charge >= 0.3 is 6.09 Å². The number of hydrogen-bond acceptors (Lipinski definition) is 8. The van der Waals surface area contributed by atoms with Crippen LogP contribution in [-0.4, -0.2) is 68.3 Å². The first-order valence-corrected chi connectivity index (χ1v) is 12.0. The SMILES string of the molecule is CCOC(=O)N1CCC(Oc2ncnc3c2CCN3c2ccc(S(C)=O)nc2)CC1C.Cl. The van der Waals surface area contributed by atoms with E-state index in [0.29, 0.717) is 24.1 Å². The highest BCUT2D eigenvalue weighted by Gasteiger charge is 2.33. The average molecular weight is 482 g/mol. The molecule has 3 atom stereocenters. The van der Waals surface area contributed by atoms with Crippen LogP contribution in [0.2, 0.25) is 0 Å². The van der Waals surface area contributed by atoms with E-state index in [-0.39, 0.29) is 30.6 Å². The molecule has 0 radical (unpaired) electrons. The maximum atomic E-state index is 12.1. The second kappa shape index (κ2) is 10.4. The molecule has 1 amide bonds. The monoisotopic (exact) mass is 481 g/mol. The quantitative estimate of drug-likeness (QED) is 0.642. The molecule has 0 N–H and O–H groups in total. The second-order valence-corrected chi connectivity index (χ2v) is 9.02. The molecule has 32 heavy (non-hydrogen) atoms. The molecule has 2 aliphatic rings. The van der Waals surface area contributed by atoms with Gasteiger partial charge in [-0.2, -0.15) is 0 Å². The highest BCUT2D eigenvalue weighted by atomic mass is 35.5. The van der Waals surface area contributed by atoms with Gasteiger partial charge in [0.05, 0.1) is 34.9 Å². The van der Waals surface area contributed by atoms with Crippen molar-refractivity contribution in [1.29, 1.82) is 0 Å². The van der Waals surface area contributed by atoms with Crippen LogP contribution in [0.4, 0.5) is 16.3 Å². The summed E-state index contributed by atoms with van der Waals surface area (Å²) in [4.78, 5) is 29.1. The maximum absolute atomic E-state index is 12.1. The minimum Gasteiger partial charge on any atom is -0.474 e. The summed E-state index contributed by atoms with van der Waals surface area (Å²) < 4.78 is 23.0. The van der Waals surface area contributed by atoms with Gasteiger partial charge in [-0.15, -0.1) is 12.4 Å². The Balaban J connectivity index is 0.00000289. The Morgan fingerprint density at radius 3 is 2.72 bits per heavy atom. The van der Waals surface area contributed by atoms with Crippen LogP contribution >= 0.6 is 12.4 Å². The Morgan fingerprint density at radius 2 is 2.06 bits per heavy atom. The number of rotatable bonds is 5. The molecule has 4 rings (SSSR count). The number of fused-ring (bicyclic) bond motifs is 1. The third-order valence-corrected chi connectivity index (χ3v) is 6.49. The lowest BCUT2D eigenvalue weighted by atomic mass is 10.0. The summed E-state index contributed by atoms with van der Waals surface area (Å²) in [5.41, 5.74) is 1.88. The van der Waals surface area contributed by atoms with E-state index < -0.39 is 10.8 Å². The fraction of sp³-hybridized carbons (Fsp3) is 0.524. The minimum atomic E-state index is -1.11. The smallest absolute Gasteiger partial charge is 0.409 e. The van der Waals surface area contributed by atoms with Gasteiger partial charge in [0.15, 0.2) is 0 Å². The number of piperidine rings is 1. The van der Waals surface area contributed by atoms with Crippen LogP contribution in [0.5, 0.6) is 5.88 Å². The summed E-state index contributed by atoms with van der Waals surface area (Å²) in [6.07, 6.45) is 6.79. The molecule has 1 saturated heterocycles. The predicted molar refractivity (Wildman–Crippen MR) is 123 cm³/mol. The van der Waals surface area contributed by atoms with Crippen molar-refractivity contribution in [2.75, 3.05) is 30.9 Å². The van der Waals surface area contributed by atoms with E-state index in [9.17, 15) is 9.00 Å². The van der Waals surface area contributed by atoms with E-state index in [0.717, 1.165) is 42.9 Å². The first-order chi connectivity index (χ1) is 15.0. The zero-order valence-corrected chi connectivity index (χ0v) is 20.0. The normalized spacial score (nSPS) is 20.8. The van der Waals surface area contributed by atoms with Gasteiger partial charge in [0.25, 0.3) is 0 Å². The number of likely N-dealkylation sites (tertiary alicyclic amines) is 1. The van der Waals surface area contributed by atoms with Crippen LogP contribution in [0.25, 0.3) is 0 Å². The topological polar surface area (TPSA) is 97.7 Å². The Bertz CT molecular complexity index is 977. The molecule has 2 aliphatic heterocycles. The molecule has 9 nitrogen and oxygen atoms in total. The summed E-state index contributed by atoms with van der Waals surface area (Å²) in [6.45, 7) is 5.55. The molecule has 11 heteroatoms. The molecule has 0 aliphatic carbocycles. The molecule has 0 bridgehead atoms. The van der Waals surface area contributed by atoms with E-state index in [1.807, 2.05) is 19.9 Å². The van der Waals surface area contributed by atoms with E-state index in [2.05, 4.69) is 19.9 Å². The van der Waals surface area contributed by atoms with Crippen molar-refractivity contribution < 1.29 is 18.5 Å². The molecule has 2 aromatic rings. The molecule has 4 heterocycles. The van der Waals surface area contributed by atoms with Crippen LogP contribution < -0.4 is 9.64 Å². The second-order valence-electron chi connectivity index (χ2n) is 7.70. The van der Waals surface area contributed by atoms with Crippen molar-refractivity contribution in [1.82, 2.24) is 19.9 Å². The van der Waals surface area contributed by atoms with Crippen molar-refractivity contribution in [3.05, 3.63) is 30.2 Å². The number of halogens is 1. The number of anilines is 2. The first-order valence-electron chi connectivity index (χ1n) is 10.5. The summed E-state index contributed by atoms with van der Waals surface area (Å²) >= 11 is 0. The molecule has 0 spiro atoms. The van der Waals surface area contributed by atoms with Gasteiger partial charge in [-0.3, -0.25) is 4.21 Å². The maximum Gasteiger partial charge on any atom is 0.409 e. The molecule has 3 unspecified atom stereocenters. The number of amides is 1. The average Bonchev–Trinajstić information content (AvgIpc) is 3.19. The molecule has 0 aromatic carbocycles. The van der Waals surface area contributed by atoms with Gasteiger partial charge in [-0.05, 0) is 32.4 Å². The number of nitrogens with zero attached hydrogens (tertiary/aromatic N) is 5. The van der Waals surface area contributed by atoms with Gasteiger partial charge in [0.1, 0.15) is 23.3 Å². The van der Waals surface area contributed by atoms with Crippen LogP contribution in [0.3, 0.4) is 0 Å². The standard InChI is InChI=1S/C21H27N5O4S.ClH/c1-4-29-21(27)25-9-7-16(11-14(25)2)30-20-17-8-10-26(19(17)23-13-24-20)15-5-6-18(22-12-15)31(3)28;/h5-6,12-14,16H,4,7-11H2,1-3H3;1H. The lowest BCUT2D eigenvalue weighted by Gasteiger charge is -2.36. The Kier molecular flexibility index (Phi) is 7.89. The molecular weight excluding hydrogens is 454 g/mol. The lowest BCUT2D eigenvalue weighted by molar-refractivity contribution is 0.0433. The summed E-state index contributed by atoms with van der Waals surface area (Å²) in [6, 6.07) is 3.73. The summed E-state index contributed by atoms with van der Waals surface area (Å²) in [5.74, 6) is 1.42. The van der Waals surface area contributed by atoms with E-state index in [1.165, 1.54) is 6.33 Å². The number of ether oxygens (including phenoxy) is 2. The van der Waals surface area contributed by atoms with Crippen LogP contribution in [-0.2, 0) is 22.0 Å². The largest absolute Gasteiger partial charge is 0.474 e. The van der Waals surface area contributed by atoms with E-state index >= 15 is 0 Å². The fourth-order valence-corrected chi connectivity index (χ4v) is 4.56. The van der Waals surface area contributed by atoms with Crippen molar-refractivity contribution in [3.8, 4) is 5.88 Å². The van der Waals surface area contributed by atoms with Crippen LogP contribution in [0.1, 0.15) is 32.3 Å². The Morgan fingerprint density at radius 1 is 1.25 bits per heavy atom. The zero-order chi connectivity index (χ0) is 22.0. The van der Waals surface area contributed by atoms with E-state index in [4.69, 9.17) is 9.47 Å². The third kappa shape index (κ3) is 4.96. The highest BCUT2D eigenvalue weighted by molar-refractivity contribution is 7.84. The highest BCUT2D eigenvalue weighted by Crippen LogP contribution is 2.37. The van der Waals surface area contributed by atoms with Gasteiger partial charge in [0.2, 0.25) is 5.88 Å². The Labute approximate surface area is 196 Å². The van der Waals surface area contributed by atoms with Crippen molar-refractivity contribution >= 4 is 40.8 Å². The third-order valence-electron chi connectivity index (χ3n) is 5.66. The Hall–Kier alpha value is -2.46. The molecule has 0 saturated carbocycles. The van der Waals surface area contributed by atoms with Gasteiger partial charge in [-0.25, -0.2) is 19.7 Å². The van der Waals surface area contributed by atoms with Gasteiger partial charge in [-0.1, -0.05) is 0 Å². The van der Waals surface area contributed by atoms with Crippen molar-refractivity contribution in [2.45, 2.75) is 50.3 Å².